The average Bonchev–Trinajstić information content (AvgIpc) is 2.47. The molecule has 1 aromatic carbocycles. The van der Waals surface area contributed by atoms with Gasteiger partial charge < -0.3 is 14.8 Å². The average molecular weight is 261 g/mol. The molecular formula is C16H23NO2. The first kappa shape index (κ1) is 14.1. The standard InChI is InChI=1S/C16H23NO2/c1-2-9-19-16-7-5-14(6-8-16)11-17-12-15-4-3-10-18-13-15/h2,5-8,15,17H,1,3-4,9-13H2. The molecule has 1 N–H and O–H groups in total. The first-order valence-electron chi connectivity index (χ1n) is 6.99. The molecule has 19 heavy (non-hydrogen) atoms. The van der Waals surface area contributed by atoms with Gasteiger partial charge in [-0.1, -0.05) is 24.8 Å². The molecule has 0 radical (unpaired) electrons. The van der Waals surface area contributed by atoms with Crippen molar-refractivity contribution in [1.82, 2.24) is 5.32 Å². The van der Waals surface area contributed by atoms with Crippen LogP contribution in [-0.2, 0) is 11.3 Å². The van der Waals surface area contributed by atoms with Crippen LogP contribution in [0.25, 0.3) is 0 Å². The Labute approximate surface area is 115 Å². The van der Waals surface area contributed by atoms with E-state index < -0.39 is 0 Å². The summed E-state index contributed by atoms with van der Waals surface area (Å²) in [7, 11) is 0. The van der Waals surface area contributed by atoms with Crippen molar-refractivity contribution < 1.29 is 9.47 Å². The molecule has 2 rings (SSSR count). The van der Waals surface area contributed by atoms with Crippen LogP contribution in [-0.4, -0.2) is 26.4 Å². The Hall–Kier alpha value is -1.32. The Bertz CT molecular complexity index is 369. The van der Waals surface area contributed by atoms with Crippen molar-refractivity contribution in [2.24, 2.45) is 5.92 Å². The van der Waals surface area contributed by atoms with Crippen LogP contribution in [0.1, 0.15) is 18.4 Å². The first-order valence-corrected chi connectivity index (χ1v) is 6.99. The summed E-state index contributed by atoms with van der Waals surface area (Å²) in [4.78, 5) is 0. The van der Waals surface area contributed by atoms with E-state index in [0.717, 1.165) is 32.1 Å². The van der Waals surface area contributed by atoms with E-state index in [0.29, 0.717) is 12.5 Å². The van der Waals surface area contributed by atoms with Crippen molar-refractivity contribution in [2.45, 2.75) is 19.4 Å². The quantitative estimate of drug-likeness (QED) is 0.766. The number of nitrogens with one attached hydrogen (secondary N) is 1. The van der Waals surface area contributed by atoms with E-state index in [2.05, 4.69) is 24.0 Å². The number of benzene rings is 1. The maximum absolute atomic E-state index is 5.47. The maximum atomic E-state index is 5.47. The van der Waals surface area contributed by atoms with E-state index in [1.165, 1.54) is 18.4 Å². The van der Waals surface area contributed by atoms with Gasteiger partial charge in [0.2, 0.25) is 0 Å². The minimum Gasteiger partial charge on any atom is -0.490 e. The van der Waals surface area contributed by atoms with E-state index in [4.69, 9.17) is 9.47 Å². The molecule has 1 saturated heterocycles. The molecule has 0 aromatic heterocycles. The zero-order chi connectivity index (χ0) is 13.3. The lowest BCUT2D eigenvalue weighted by molar-refractivity contribution is 0.0547. The monoisotopic (exact) mass is 261 g/mol. The fraction of sp³-hybridized carbons (Fsp3) is 0.500. The molecule has 1 aliphatic heterocycles. The van der Waals surface area contributed by atoms with Crippen LogP contribution in [0.2, 0.25) is 0 Å². The van der Waals surface area contributed by atoms with Gasteiger partial charge >= 0.3 is 0 Å². The first-order chi connectivity index (χ1) is 9.38. The van der Waals surface area contributed by atoms with Crippen molar-refractivity contribution in [3.63, 3.8) is 0 Å². The molecule has 104 valence electrons. The normalized spacial score (nSPS) is 19.1. The van der Waals surface area contributed by atoms with Gasteiger partial charge in [-0.15, -0.1) is 0 Å². The number of hydrogen-bond acceptors (Lipinski definition) is 3. The number of rotatable bonds is 7. The van der Waals surface area contributed by atoms with Gasteiger partial charge in [-0.05, 0) is 36.5 Å². The highest BCUT2D eigenvalue weighted by Gasteiger charge is 2.12. The molecule has 1 aliphatic rings. The van der Waals surface area contributed by atoms with Gasteiger partial charge in [0.1, 0.15) is 12.4 Å². The summed E-state index contributed by atoms with van der Waals surface area (Å²) >= 11 is 0. The van der Waals surface area contributed by atoms with Crippen LogP contribution in [0.15, 0.2) is 36.9 Å². The lowest BCUT2D eigenvalue weighted by Gasteiger charge is -2.22. The Morgan fingerprint density at radius 3 is 2.89 bits per heavy atom. The van der Waals surface area contributed by atoms with Gasteiger partial charge in [0, 0.05) is 19.7 Å². The molecule has 1 unspecified atom stereocenters. The lowest BCUT2D eigenvalue weighted by Crippen LogP contribution is -2.28. The molecule has 0 saturated carbocycles. The van der Waals surface area contributed by atoms with Crippen molar-refractivity contribution in [1.29, 1.82) is 0 Å². The fourth-order valence-corrected chi connectivity index (χ4v) is 2.25. The predicted octanol–water partition coefficient (Wildman–Crippen LogP) is 2.77. The fourth-order valence-electron chi connectivity index (χ4n) is 2.25. The topological polar surface area (TPSA) is 30.5 Å². The van der Waals surface area contributed by atoms with E-state index in [9.17, 15) is 0 Å². The molecule has 0 bridgehead atoms. The molecule has 0 aliphatic carbocycles. The number of ether oxygens (including phenoxy) is 2. The second kappa shape index (κ2) is 7.97. The predicted molar refractivity (Wildman–Crippen MR) is 77.4 cm³/mol. The minimum absolute atomic E-state index is 0.555. The molecule has 3 heteroatoms. The highest BCUT2D eigenvalue weighted by molar-refractivity contribution is 5.27. The summed E-state index contributed by atoms with van der Waals surface area (Å²) in [6.07, 6.45) is 4.23. The van der Waals surface area contributed by atoms with Crippen molar-refractivity contribution in [3.05, 3.63) is 42.5 Å². The molecular weight excluding hydrogens is 238 g/mol. The summed E-state index contributed by atoms with van der Waals surface area (Å²) in [6, 6.07) is 8.21. The molecule has 1 heterocycles. The minimum atomic E-state index is 0.555. The highest BCUT2D eigenvalue weighted by atomic mass is 16.5. The molecule has 0 amide bonds. The Kier molecular flexibility index (Phi) is 5.92. The van der Waals surface area contributed by atoms with E-state index in [1.54, 1.807) is 6.08 Å². The third-order valence-corrected chi connectivity index (χ3v) is 3.31. The van der Waals surface area contributed by atoms with Crippen molar-refractivity contribution in [2.75, 3.05) is 26.4 Å². The number of hydrogen-bond donors (Lipinski definition) is 1. The lowest BCUT2D eigenvalue weighted by atomic mass is 10.0. The SMILES string of the molecule is C=CCOc1ccc(CNCC2CCCOC2)cc1. The Morgan fingerprint density at radius 2 is 2.21 bits per heavy atom. The molecule has 1 aromatic rings. The second-order valence-corrected chi connectivity index (χ2v) is 4.96. The van der Waals surface area contributed by atoms with Gasteiger partial charge in [0.15, 0.2) is 0 Å². The van der Waals surface area contributed by atoms with E-state index in [1.807, 2.05) is 12.1 Å². The summed E-state index contributed by atoms with van der Waals surface area (Å²) in [6.45, 7) is 7.96. The third kappa shape index (κ3) is 5.05. The van der Waals surface area contributed by atoms with Gasteiger partial charge in [-0.2, -0.15) is 0 Å². The third-order valence-electron chi connectivity index (χ3n) is 3.31. The highest BCUT2D eigenvalue weighted by Crippen LogP contribution is 2.14. The van der Waals surface area contributed by atoms with Gasteiger partial charge in [0.05, 0.1) is 6.61 Å². The van der Waals surface area contributed by atoms with Gasteiger partial charge in [0.25, 0.3) is 0 Å². The van der Waals surface area contributed by atoms with E-state index >= 15 is 0 Å². The van der Waals surface area contributed by atoms with Crippen LogP contribution in [0.5, 0.6) is 5.75 Å². The summed E-state index contributed by atoms with van der Waals surface area (Å²) in [5.74, 6) is 1.56. The summed E-state index contributed by atoms with van der Waals surface area (Å²) in [5, 5.41) is 3.50. The zero-order valence-corrected chi connectivity index (χ0v) is 11.4. The summed E-state index contributed by atoms with van der Waals surface area (Å²) < 4.78 is 10.9. The van der Waals surface area contributed by atoms with Gasteiger partial charge in [-0.25, -0.2) is 0 Å². The molecule has 0 spiro atoms. The molecule has 3 nitrogen and oxygen atoms in total. The Balaban J connectivity index is 1.68. The summed E-state index contributed by atoms with van der Waals surface area (Å²) in [5.41, 5.74) is 1.28. The van der Waals surface area contributed by atoms with Crippen molar-refractivity contribution >= 4 is 0 Å². The maximum Gasteiger partial charge on any atom is 0.119 e. The largest absolute Gasteiger partial charge is 0.490 e. The van der Waals surface area contributed by atoms with Gasteiger partial charge in [-0.3, -0.25) is 0 Å². The van der Waals surface area contributed by atoms with Crippen LogP contribution in [0.3, 0.4) is 0 Å². The zero-order valence-electron chi connectivity index (χ0n) is 11.4. The smallest absolute Gasteiger partial charge is 0.119 e. The van der Waals surface area contributed by atoms with Crippen molar-refractivity contribution in [3.8, 4) is 5.75 Å². The molecule has 1 atom stereocenters. The van der Waals surface area contributed by atoms with Crippen LogP contribution >= 0.6 is 0 Å². The Morgan fingerprint density at radius 1 is 1.37 bits per heavy atom. The second-order valence-electron chi connectivity index (χ2n) is 4.96. The van der Waals surface area contributed by atoms with Crippen LogP contribution < -0.4 is 10.1 Å². The molecule has 1 fully saturated rings. The van der Waals surface area contributed by atoms with E-state index in [-0.39, 0.29) is 0 Å². The van der Waals surface area contributed by atoms with Crippen LogP contribution in [0, 0.1) is 5.92 Å². The van der Waals surface area contributed by atoms with Crippen LogP contribution in [0.4, 0.5) is 0 Å².